The smallest absolute Gasteiger partial charge is 0.255 e. The first-order valence-electron chi connectivity index (χ1n) is 3.24. The van der Waals surface area contributed by atoms with Gasteiger partial charge in [-0.1, -0.05) is 0 Å². The highest BCUT2D eigenvalue weighted by Crippen LogP contribution is 1.90. The lowest BCUT2D eigenvalue weighted by molar-refractivity contribution is 0.0957. The Kier molecular flexibility index (Phi) is 2.73. The fourth-order valence-corrected chi connectivity index (χ4v) is 0.638. The summed E-state index contributed by atoms with van der Waals surface area (Å²) in [5.41, 5.74) is 0.354. The van der Waals surface area contributed by atoms with Crippen molar-refractivity contribution in [3.8, 4) is 6.07 Å². The summed E-state index contributed by atoms with van der Waals surface area (Å²) in [6, 6.07) is 1.80. The maximum atomic E-state index is 11.1. The van der Waals surface area contributed by atoms with Crippen LogP contribution in [-0.4, -0.2) is 22.4 Å². The van der Waals surface area contributed by atoms with Gasteiger partial charge in [0.15, 0.2) is 0 Å². The van der Waals surface area contributed by atoms with Crippen molar-refractivity contribution in [2.45, 2.75) is 0 Å². The molecule has 0 bridgehead atoms. The van der Waals surface area contributed by atoms with Gasteiger partial charge in [-0.25, -0.2) is 9.97 Å². The lowest BCUT2D eigenvalue weighted by atomic mass is 10.3. The van der Waals surface area contributed by atoms with E-state index in [1.165, 1.54) is 18.7 Å². The molecule has 0 unspecified atom stereocenters. The van der Waals surface area contributed by atoms with Gasteiger partial charge in [0.2, 0.25) is 0 Å². The first-order chi connectivity index (χ1) is 5.84. The number of nitrogens with one attached hydrogen (secondary N) is 1. The average molecular weight is 162 g/mol. The van der Waals surface area contributed by atoms with Gasteiger partial charge in [-0.2, -0.15) is 5.26 Å². The van der Waals surface area contributed by atoms with E-state index in [-0.39, 0.29) is 12.5 Å². The number of carbonyl (C=O) groups is 1. The van der Waals surface area contributed by atoms with Crippen LogP contribution in [0.5, 0.6) is 0 Å². The second-order valence-electron chi connectivity index (χ2n) is 1.97. The molecular weight excluding hydrogens is 156 g/mol. The molecule has 60 valence electrons. The van der Waals surface area contributed by atoms with Gasteiger partial charge in [0.25, 0.3) is 5.91 Å². The fourth-order valence-electron chi connectivity index (χ4n) is 0.638. The predicted octanol–water partition coefficient (Wildman–Crippen LogP) is -0.270. The van der Waals surface area contributed by atoms with Crippen molar-refractivity contribution < 1.29 is 4.79 Å². The van der Waals surface area contributed by atoms with Crippen LogP contribution in [0.4, 0.5) is 0 Å². The van der Waals surface area contributed by atoms with Gasteiger partial charge in [0.1, 0.15) is 12.9 Å². The molecule has 0 aliphatic rings. The van der Waals surface area contributed by atoms with E-state index in [0.29, 0.717) is 5.56 Å². The van der Waals surface area contributed by atoms with Gasteiger partial charge in [-0.05, 0) is 0 Å². The molecule has 1 heterocycles. The third-order valence-corrected chi connectivity index (χ3v) is 1.15. The molecule has 0 aliphatic heterocycles. The Bertz CT molecular complexity index is 303. The van der Waals surface area contributed by atoms with E-state index in [1.807, 2.05) is 0 Å². The number of hydrogen-bond acceptors (Lipinski definition) is 4. The number of amides is 1. The Morgan fingerprint density at radius 1 is 1.58 bits per heavy atom. The number of nitriles is 1. The average Bonchev–Trinajstić information content (AvgIpc) is 2.15. The first-order valence-corrected chi connectivity index (χ1v) is 3.24. The zero-order chi connectivity index (χ0) is 8.81. The minimum Gasteiger partial charge on any atom is -0.339 e. The Hall–Kier alpha value is -1.96. The third-order valence-electron chi connectivity index (χ3n) is 1.15. The third kappa shape index (κ3) is 2.02. The van der Waals surface area contributed by atoms with Crippen LogP contribution in [0.25, 0.3) is 0 Å². The van der Waals surface area contributed by atoms with Crippen LogP contribution < -0.4 is 5.32 Å². The van der Waals surface area contributed by atoms with Crippen LogP contribution in [-0.2, 0) is 0 Å². The van der Waals surface area contributed by atoms with Crippen molar-refractivity contribution >= 4 is 5.91 Å². The van der Waals surface area contributed by atoms with Gasteiger partial charge in [-0.3, -0.25) is 4.79 Å². The Morgan fingerprint density at radius 2 is 2.25 bits per heavy atom. The molecular formula is C7H6N4O. The predicted molar refractivity (Wildman–Crippen MR) is 40.0 cm³/mol. The summed E-state index contributed by atoms with van der Waals surface area (Å²) in [5.74, 6) is -0.336. The molecule has 1 amide bonds. The topological polar surface area (TPSA) is 78.7 Å². The van der Waals surface area contributed by atoms with Crippen molar-refractivity contribution in [3.63, 3.8) is 0 Å². The lowest BCUT2D eigenvalue weighted by Gasteiger charge is -1.97. The number of hydrogen-bond donors (Lipinski definition) is 1. The molecule has 1 aromatic heterocycles. The van der Waals surface area contributed by atoms with Crippen LogP contribution in [0.1, 0.15) is 10.4 Å². The number of carbonyl (C=O) groups excluding carboxylic acids is 1. The molecule has 1 rings (SSSR count). The van der Waals surface area contributed by atoms with Gasteiger partial charge in [0, 0.05) is 12.4 Å². The highest BCUT2D eigenvalue weighted by atomic mass is 16.1. The van der Waals surface area contributed by atoms with Crippen molar-refractivity contribution in [2.24, 2.45) is 0 Å². The molecule has 0 fully saturated rings. The zero-order valence-corrected chi connectivity index (χ0v) is 6.19. The summed E-state index contributed by atoms with van der Waals surface area (Å²) in [5, 5.41) is 10.5. The Labute approximate surface area is 69.1 Å². The number of aromatic nitrogens is 2. The van der Waals surface area contributed by atoms with Crippen molar-refractivity contribution in [1.29, 1.82) is 5.26 Å². The van der Waals surface area contributed by atoms with Crippen molar-refractivity contribution in [3.05, 3.63) is 24.3 Å². The van der Waals surface area contributed by atoms with Gasteiger partial charge < -0.3 is 5.32 Å². The van der Waals surface area contributed by atoms with E-state index < -0.39 is 0 Å². The molecule has 0 radical (unpaired) electrons. The summed E-state index contributed by atoms with van der Waals surface area (Å²) >= 11 is 0. The van der Waals surface area contributed by atoms with Gasteiger partial charge in [-0.15, -0.1) is 0 Å². The minimum absolute atomic E-state index is 0.00622. The number of nitrogens with zero attached hydrogens (tertiary/aromatic N) is 3. The van der Waals surface area contributed by atoms with Gasteiger partial charge >= 0.3 is 0 Å². The van der Waals surface area contributed by atoms with Crippen molar-refractivity contribution in [1.82, 2.24) is 15.3 Å². The Balaban J connectivity index is 2.61. The van der Waals surface area contributed by atoms with Crippen LogP contribution in [0.3, 0.4) is 0 Å². The van der Waals surface area contributed by atoms with E-state index in [0.717, 1.165) is 0 Å². The van der Waals surface area contributed by atoms with E-state index in [4.69, 9.17) is 5.26 Å². The minimum atomic E-state index is -0.336. The largest absolute Gasteiger partial charge is 0.339 e. The van der Waals surface area contributed by atoms with E-state index >= 15 is 0 Å². The molecule has 0 spiro atoms. The molecule has 0 aliphatic carbocycles. The molecule has 0 aromatic carbocycles. The highest BCUT2D eigenvalue weighted by molar-refractivity contribution is 5.93. The van der Waals surface area contributed by atoms with E-state index in [1.54, 1.807) is 6.07 Å². The maximum absolute atomic E-state index is 11.1. The summed E-state index contributed by atoms with van der Waals surface area (Å²) in [4.78, 5) is 18.4. The normalized spacial score (nSPS) is 8.58. The molecule has 0 atom stereocenters. The quantitative estimate of drug-likeness (QED) is 0.607. The highest BCUT2D eigenvalue weighted by Gasteiger charge is 2.02. The molecule has 12 heavy (non-hydrogen) atoms. The second kappa shape index (κ2) is 4.03. The summed E-state index contributed by atoms with van der Waals surface area (Å²) in [7, 11) is 0. The second-order valence-corrected chi connectivity index (χ2v) is 1.97. The van der Waals surface area contributed by atoms with Crippen LogP contribution >= 0.6 is 0 Å². The monoisotopic (exact) mass is 162 g/mol. The molecule has 5 nitrogen and oxygen atoms in total. The van der Waals surface area contributed by atoms with Gasteiger partial charge in [0.05, 0.1) is 11.6 Å². The van der Waals surface area contributed by atoms with Crippen molar-refractivity contribution in [2.75, 3.05) is 6.54 Å². The molecule has 0 saturated carbocycles. The maximum Gasteiger partial charge on any atom is 0.255 e. The summed E-state index contributed by atoms with van der Waals surface area (Å²) in [6.07, 6.45) is 4.11. The fraction of sp³-hybridized carbons (Fsp3) is 0.143. The van der Waals surface area contributed by atoms with E-state index in [2.05, 4.69) is 15.3 Å². The SMILES string of the molecule is N#CCNC(=O)c1cncnc1. The molecule has 0 saturated heterocycles. The summed E-state index contributed by atoms with van der Waals surface area (Å²) in [6.45, 7) is -0.00622. The lowest BCUT2D eigenvalue weighted by Crippen LogP contribution is -2.23. The number of rotatable bonds is 2. The molecule has 5 heteroatoms. The van der Waals surface area contributed by atoms with E-state index in [9.17, 15) is 4.79 Å². The van der Waals surface area contributed by atoms with Crippen LogP contribution in [0, 0.1) is 11.3 Å². The first kappa shape index (κ1) is 8.14. The molecule has 1 N–H and O–H groups in total. The van der Waals surface area contributed by atoms with Crippen LogP contribution in [0.15, 0.2) is 18.7 Å². The Morgan fingerprint density at radius 3 is 2.83 bits per heavy atom. The zero-order valence-electron chi connectivity index (χ0n) is 6.19. The van der Waals surface area contributed by atoms with Crippen LogP contribution in [0.2, 0.25) is 0 Å². The summed E-state index contributed by atoms with van der Waals surface area (Å²) < 4.78 is 0. The molecule has 1 aromatic rings. The standard InChI is InChI=1S/C7H6N4O/c8-1-2-11-7(12)6-3-9-5-10-4-6/h3-5H,2H2,(H,11,12).